The fourth-order valence-corrected chi connectivity index (χ4v) is 4.55. The molecule has 1 aliphatic heterocycles. The molecule has 1 heterocycles. The van der Waals surface area contributed by atoms with Crippen LogP contribution in [0.5, 0.6) is 5.75 Å². The number of hydrogen-bond acceptors (Lipinski definition) is 4. The highest BCUT2D eigenvalue weighted by molar-refractivity contribution is 14.1. The number of nitrogens with one attached hydrogen (secondary N) is 1. The molecule has 2 N–H and O–H groups in total. The summed E-state index contributed by atoms with van der Waals surface area (Å²) in [5.41, 5.74) is 0.746. The quantitative estimate of drug-likeness (QED) is 0.296. The smallest absolute Gasteiger partial charge is 0.335 e. The third-order valence-corrected chi connectivity index (χ3v) is 5.66. The summed E-state index contributed by atoms with van der Waals surface area (Å²) in [4.78, 5) is 38.1. The Morgan fingerprint density at radius 3 is 2.35 bits per heavy atom. The molecule has 4 amide bonds. The van der Waals surface area contributed by atoms with Crippen LogP contribution in [-0.4, -0.2) is 23.0 Å². The van der Waals surface area contributed by atoms with Gasteiger partial charge in [-0.05, 0) is 87.2 Å². The number of phenols is 1. The third-order valence-electron chi connectivity index (χ3n) is 3.52. The molecule has 6 nitrogen and oxygen atoms in total. The molecule has 1 saturated heterocycles. The highest BCUT2D eigenvalue weighted by Crippen LogP contribution is 2.29. The second kappa shape index (κ2) is 7.64. The summed E-state index contributed by atoms with van der Waals surface area (Å²) in [6, 6.07) is 9.14. The molecule has 2 aromatic rings. The zero-order chi connectivity index (χ0) is 19.0. The first-order chi connectivity index (χ1) is 12.3. The zero-order valence-corrected chi connectivity index (χ0v) is 18.7. The van der Waals surface area contributed by atoms with Crippen molar-refractivity contribution < 1.29 is 19.5 Å². The average molecular weight is 639 g/mol. The average Bonchev–Trinajstić information content (AvgIpc) is 2.56. The van der Waals surface area contributed by atoms with Crippen LogP contribution >= 0.6 is 61.1 Å². The molecular weight excluding hydrogens is 630 g/mol. The monoisotopic (exact) mass is 638 g/mol. The van der Waals surface area contributed by atoms with Crippen LogP contribution in [0.1, 0.15) is 5.56 Å². The van der Waals surface area contributed by atoms with Gasteiger partial charge >= 0.3 is 6.03 Å². The Morgan fingerprint density at radius 1 is 1.08 bits per heavy atom. The van der Waals surface area contributed by atoms with E-state index in [9.17, 15) is 19.5 Å². The van der Waals surface area contributed by atoms with Crippen molar-refractivity contribution in [1.82, 2.24) is 5.32 Å². The summed E-state index contributed by atoms with van der Waals surface area (Å²) >= 11 is 7.22. The van der Waals surface area contributed by atoms with Crippen molar-refractivity contribution in [2.75, 3.05) is 4.90 Å². The number of amides is 4. The predicted molar refractivity (Wildman–Crippen MR) is 117 cm³/mol. The molecular formula is C17H9BrI2N2O4. The minimum absolute atomic E-state index is 0.138. The Balaban J connectivity index is 2.06. The summed E-state index contributed by atoms with van der Waals surface area (Å²) in [7, 11) is 0. The van der Waals surface area contributed by atoms with Gasteiger partial charge in [0.2, 0.25) is 0 Å². The van der Waals surface area contributed by atoms with Crippen LogP contribution in [0.4, 0.5) is 10.5 Å². The third kappa shape index (κ3) is 3.78. The van der Waals surface area contributed by atoms with E-state index in [-0.39, 0.29) is 11.3 Å². The normalized spacial score (nSPS) is 16.2. The number of urea groups is 1. The maximum absolute atomic E-state index is 12.8. The number of hydrogen-bond donors (Lipinski definition) is 2. The van der Waals surface area contributed by atoms with Crippen molar-refractivity contribution in [3.05, 3.63) is 59.1 Å². The van der Waals surface area contributed by atoms with Crippen LogP contribution in [0.2, 0.25) is 0 Å². The van der Waals surface area contributed by atoms with E-state index in [1.54, 1.807) is 36.4 Å². The van der Waals surface area contributed by atoms with Crippen LogP contribution in [-0.2, 0) is 9.59 Å². The molecule has 9 heteroatoms. The van der Waals surface area contributed by atoms with Crippen LogP contribution in [0.15, 0.2) is 46.4 Å². The number of anilines is 1. The number of aromatic hydroxyl groups is 1. The maximum atomic E-state index is 12.8. The molecule has 0 aliphatic carbocycles. The van der Waals surface area contributed by atoms with Gasteiger partial charge in [0.1, 0.15) is 11.3 Å². The van der Waals surface area contributed by atoms with Crippen LogP contribution in [0.3, 0.4) is 0 Å². The molecule has 1 fully saturated rings. The molecule has 132 valence electrons. The van der Waals surface area contributed by atoms with Crippen molar-refractivity contribution in [3.63, 3.8) is 0 Å². The van der Waals surface area contributed by atoms with Crippen molar-refractivity contribution in [2.24, 2.45) is 0 Å². The van der Waals surface area contributed by atoms with E-state index >= 15 is 0 Å². The summed E-state index contributed by atoms with van der Waals surface area (Å²) in [6.07, 6.45) is 1.40. The Labute approximate surface area is 184 Å². The van der Waals surface area contributed by atoms with E-state index in [1.807, 2.05) is 45.2 Å². The molecule has 3 rings (SSSR count). The lowest BCUT2D eigenvalue weighted by Gasteiger charge is -2.26. The summed E-state index contributed by atoms with van der Waals surface area (Å²) in [5.74, 6) is -1.34. The number of phenolic OH excluding ortho intramolecular Hbond substituents is 1. The van der Waals surface area contributed by atoms with Gasteiger partial charge in [-0.2, -0.15) is 0 Å². The van der Waals surface area contributed by atoms with E-state index in [1.165, 1.54) is 6.08 Å². The van der Waals surface area contributed by atoms with E-state index in [0.29, 0.717) is 22.9 Å². The summed E-state index contributed by atoms with van der Waals surface area (Å²) in [5, 5.41) is 12.0. The highest BCUT2D eigenvalue weighted by atomic mass is 127. The molecule has 0 aromatic heterocycles. The minimum atomic E-state index is -0.801. The van der Waals surface area contributed by atoms with Crippen molar-refractivity contribution in [2.45, 2.75) is 0 Å². The SMILES string of the molecule is O=C1NC(=O)N(c2cccc(Br)c2)C(=O)C1=Cc1cc(I)c(O)c(I)c1. The molecule has 0 bridgehead atoms. The number of imide groups is 2. The first-order valence-corrected chi connectivity index (χ1v) is 10.1. The standard InChI is InChI=1S/C17H9BrI2N2O4/c18-9-2-1-3-10(7-9)22-16(25)11(15(24)21-17(22)26)4-8-5-12(19)14(23)13(20)6-8/h1-7,23H,(H,21,24,26). The van der Waals surface area contributed by atoms with E-state index in [2.05, 4.69) is 21.2 Å². The predicted octanol–water partition coefficient (Wildman–Crippen LogP) is 4.03. The molecule has 0 atom stereocenters. The first-order valence-electron chi connectivity index (χ1n) is 7.13. The number of benzene rings is 2. The lowest BCUT2D eigenvalue weighted by molar-refractivity contribution is -0.122. The lowest BCUT2D eigenvalue weighted by atomic mass is 10.1. The van der Waals surface area contributed by atoms with Gasteiger partial charge in [0.15, 0.2) is 0 Å². The van der Waals surface area contributed by atoms with Gasteiger partial charge in [-0.25, -0.2) is 9.69 Å². The van der Waals surface area contributed by atoms with Gasteiger partial charge in [0.05, 0.1) is 12.8 Å². The number of carbonyl (C=O) groups is 3. The topological polar surface area (TPSA) is 86.7 Å². The van der Waals surface area contributed by atoms with E-state index in [0.717, 1.165) is 4.90 Å². The largest absolute Gasteiger partial charge is 0.506 e. The molecule has 0 radical (unpaired) electrons. The van der Waals surface area contributed by atoms with Gasteiger partial charge in [-0.15, -0.1) is 0 Å². The highest BCUT2D eigenvalue weighted by Gasteiger charge is 2.36. The molecule has 2 aromatic carbocycles. The Morgan fingerprint density at radius 2 is 1.73 bits per heavy atom. The van der Waals surface area contributed by atoms with Crippen molar-refractivity contribution in [3.8, 4) is 5.75 Å². The van der Waals surface area contributed by atoms with Crippen molar-refractivity contribution in [1.29, 1.82) is 0 Å². The molecule has 26 heavy (non-hydrogen) atoms. The fraction of sp³-hybridized carbons (Fsp3) is 0. The number of nitrogens with zero attached hydrogens (tertiary/aromatic N) is 1. The number of rotatable bonds is 2. The van der Waals surface area contributed by atoms with Gasteiger partial charge < -0.3 is 5.11 Å². The molecule has 0 saturated carbocycles. The minimum Gasteiger partial charge on any atom is -0.506 e. The Kier molecular flexibility index (Phi) is 5.67. The zero-order valence-electron chi connectivity index (χ0n) is 12.8. The van der Waals surface area contributed by atoms with Crippen LogP contribution in [0.25, 0.3) is 6.08 Å². The molecule has 0 spiro atoms. The Hall–Kier alpha value is -1.47. The van der Waals surface area contributed by atoms with E-state index in [4.69, 9.17) is 0 Å². The van der Waals surface area contributed by atoms with E-state index < -0.39 is 17.8 Å². The number of barbiturate groups is 1. The summed E-state index contributed by atoms with van der Waals surface area (Å²) in [6.45, 7) is 0. The lowest BCUT2D eigenvalue weighted by Crippen LogP contribution is -2.54. The Bertz CT molecular complexity index is 967. The van der Waals surface area contributed by atoms with Gasteiger partial charge in [-0.1, -0.05) is 22.0 Å². The molecule has 0 unspecified atom stereocenters. The number of carbonyl (C=O) groups excluding carboxylic acids is 3. The fourth-order valence-electron chi connectivity index (χ4n) is 2.34. The van der Waals surface area contributed by atoms with Gasteiger partial charge in [0, 0.05) is 4.47 Å². The maximum Gasteiger partial charge on any atom is 0.335 e. The van der Waals surface area contributed by atoms with Gasteiger partial charge in [0.25, 0.3) is 11.8 Å². The van der Waals surface area contributed by atoms with Crippen LogP contribution < -0.4 is 10.2 Å². The second-order valence-electron chi connectivity index (χ2n) is 5.27. The van der Waals surface area contributed by atoms with Crippen LogP contribution in [0, 0.1) is 7.14 Å². The summed E-state index contributed by atoms with van der Waals surface area (Å²) < 4.78 is 1.87. The van der Waals surface area contributed by atoms with Crippen molar-refractivity contribution >= 4 is 90.7 Å². The second-order valence-corrected chi connectivity index (χ2v) is 8.51. The first kappa shape index (κ1) is 19.3. The van der Waals surface area contributed by atoms with Gasteiger partial charge in [-0.3, -0.25) is 14.9 Å². The molecule has 1 aliphatic rings. The number of halogens is 3.